The molecule has 0 radical (unpaired) electrons. The van der Waals surface area contributed by atoms with Crippen molar-refractivity contribution >= 4 is 16.8 Å². The Labute approximate surface area is 189 Å². The van der Waals surface area contributed by atoms with Gasteiger partial charge in [0.2, 0.25) is 6.79 Å². The van der Waals surface area contributed by atoms with Gasteiger partial charge < -0.3 is 18.9 Å². The number of nitrogens with zero attached hydrogens (tertiary/aromatic N) is 3. The molecule has 32 heavy (non-hydrogen) atoms. The standard InChI is InChI=1S/C26H31N3O3/c1-4-19-6-8-22-21(14-19)18(3)25(29(22)5-2)26(30)28-12-10-27(11-13-28)16-20-7-9-23-24(15-20)32-17-31-23/h6-9,14-15H,4-5,10-13,16-17H2,1-3H3. The number of hydrogen-bond donors (Lipinski definition) is 0. The lowest BCUT2D eigenvalue weighted by molar-refractivity contribution is 0.0618. The molecule has 1 fully saturated rings. The summed E-state index contributed by atoms with van der Waals surface area (Å²) in [5.74, 6) is 1.80. The number of rotatable bonds is 5. The Bertz CT molecular complexity index is 1160. The van der Waals surface area contributed by atoms with Gasteiger partial charge in [-0.05, 0) is 61.2 Å². The Kier molecular flexibility index (Phi) is 5.55. The molecule has 6 heteroatoms. The molecule has 0 aliphatic carbocycles. The monoisotopic (exact) mass is 433 g/mol. The van der Waals surface area contributed by atoms with Gasteiger partial charge in [0.05, 0.1) is 0 Å². The summed E-state index contributed by atoms with van der Waals surface area (Å²) in [4.78, 5) is 18.0. The molecule has 3 heterocycles. The third-order valence-electron chi connectivity index (χ3n) is 6.81. The minimum Gasteiger partial charge on any atom is -0.454 e. The van der Waals surface area contributed by atoms with Gasteiger partial charge in [0.15, 0.2) is 11.5 Å². The third kappa shape index (κ3) is 3.62. The van der Waals surface area contributed by atoms with Gasteiger partial charge in [0, 0.05) is 50.2 Å². The van der Waals surface area contributed by atoms with Crippen molar-refractivity contribution < 1.29 is 14.3 Å². The van der Waals surface area contributed by atoms with Crippen molar-refractivity contribution in [2.45, 2.75) is 40.3 Å². The minimum absolute atomic E-state index is 0.154. The minimum atomic E-state index is 0.154. The summed E-state index contributed by atoms with van der Waals surface area (Å²) in [5.41, 5.74) is 5.63. The number of carbonyl (C=O) groups excluding carboxylic acids is 1. The molecule has 2 aromatic carbocycles. The fourth-order valence-corrected chi connectivity index (χ4v) is 4.95. The lowest BCUT2D eigenvalue weighted by Gasteiger charge is -2.35. The van der Waals surface area contributed by atoms with Crippen LogP contribution in [0.15, 0.2) is 36.4 Å². The first-order valence-electron chi connectivity index (χ1n) is 11.6. The van der Waals surface area contributed by atoms with Crippen LogP contribution in [-0.4, -0.2) is 53.2 Å². The average Bonchev–Trinajstić information content (AvgIpc) is 3.40. The number of carbonyl (C=O) groups is 1. The number of piperazine rings is 1. The fraction of sp³-hybridized carbons (Fsp3) is 0.423. The van der Waals surface area contributed by atoms with Crippen molar-refractivity contribution in [1.29, 1.82) is 0 Å². The Morgan fingerprint density at radius 1 is 0.938 bits per heavy atom. The van der Waals surface area contributed by atoms with Crippen LogP contribution in [0.4, 0.5) is 0 Å². The van der Waals surface area contributed by atoms with E-state index < -0.39 is 0 Å². The Balaban J connectivity index is 1.30. The van der Waals surface area contributed by atoms with Crippen molar-refractivity contribution in [2.24, 2.45) is 0 Å². The molecule has 1 amide bonds. The predicted molar refractivity (Wildman–Crippen MR) is 125 cm³/mol. The van der Waals surface area contributed by atoms with E-state index in [1.807, 2.05) is 11.0 Å². The highest BCUT2D eigenvalue weighted by Gasteiger charge is 2.27. The van der Waals surface area contributed by atoms with Crippen LogP contribution in [0.5, 0.6) is 11.5 Å². The van der Waals surface area contributed by atoms with E-state index in [1.165, 1.54) is 16.5 Å². The van der Waals surface area contributed by atoms with E-state index in [-0.39, 0.29) is 5.91 Å². The van der Waals surface area contributed by atoms with Crippen molar-refractivity contribution in [2.75, 3.05) is 33.0 Å². The van der Waals surface area contributed by atoms with Crippen LogP contribution in [0.2, 0.25) is 0 Å². The van der Waals surface area contributed by atoms with Gasteiger partial charge in [0.1, 0.15) is 5.69 Å². The number of hydrogen-bond acceptors (Lipinski definition) is 4. The van der Waals surface area contributed by atoms with Gasteiger partial charge in [-0.3, -0.25) is 9.69 Å². The third-order valence-corrected chi connectivity index (χ3v) is 6.81. The van der Waals surface area contributed by atoms with Crippen molar-refractivity contribution in [3.63, 3.8) is 0 Å². The summed E-state index contributed by atoms with van der Waals surface area (Å²) in [6.07, 6.45) is 1.00. The number of aromatic nitrogens is 1. The SMILES string of the molecule is CCc1ccc2c(c1)c(C)c(C(=O)N1CCN(Cc3ccc4c(c3)OCO4)CC1)n2CC. The summed E-state index contributed by atoms with van der Waals surface area (Å²) < 4.78 is 13.1. The molecule has 0 bridgehead atoms. The second-order valence-corrected chi connectivity index (χ2v) is 8.68. The van der Waals surface area contributed by atoms with Crippen LogP contribution in [0.25, 0.3) is 10.9 Å². The Hall–Kier alpha value is -2.99. The average molecular weight is 434 g/mol. The first-order chi connectivity index (χ1) is 15.6. The van der Waals surface area contributed by atoms with Crippen LogP contribution >= 0.6 is 0 Å². The molecule has 5 rings (SSSR count). The maximum atomic E-state index is 13.6. The highest BCUT2D eigenvalue weighted by atomic mass is 16.7. The van der Waals surface area contributed by atoms with E-state index >= 15 is 0 Å². The molecule has 0 N–H and O–H groups in total. The second-order valence-electron chi connectivity index (χ2n) is 8.68. The normalized spacial score (nSPS) is 16.2. The first-order valence-corrected chi connectivity index (χ1v) is 11.6. The van der Waals surface area contributed by atoms with Crippen molar-refractivity contribution in [3.8, 4) is 11.5 Å². The van der Waals surface area contributed by atoms with Crippen LogP contribution < -0.4 is 9.47 Å². The van der Waals surface area contributed by atoms with E-state index in [0.717, 1.165) is 74.0 Å². The zero-order valence-corrected chi connectivity index (χ0v) is 19.2. The van der Waals surface area contributed by atoms with E-state index in [0.29, 0.717) is 6.79 Å². The van der Waals surface area contributed by atoms with Crippen molar-refractivity contribution in [1.82, 2.24) is 14.4 Å². The van der Waals surface area contributed by atoms with Crippen LogP contribution in [0.1, 0.15) is 41.0 Å². The molecular formula is C26H31N3O3. The fourth-order valence-electron chi connectivity index (χ4n) is 4.95. The van der Waals surface area contributed by atoms with Crippen LogP contribution in [0.3, 0.4) is 0 Å². The highest BCUT2D eigenvalue weighted by molar-refractivity contribution is 6.01. The predicted octanol–water partition coefficient (Wildman–Crippen LogP) is 4.22. The first kappa shape index (κ1) is 20.9. The van der Waals surface area contributed by atoms with E-state index in [2.05, 4.69) is 60.6 Å². The summed E-state index contributed by atoms with van der Waals surface area (Å²) in [6, 6.07) is 12.7. The maximum absolute atomic E-state index is 13.6. The number of fused-ring (bicyclic) bond motifs is 2. The highest BCUT2D eigenvalue weighted by Crippen LogP contribution is 2.33. The summed E-state index contributed by atoms with van der Waals surface area (Å²) in [5, 5.41) is 1.20. The zero-order valence-electron chi connectivity index (χ0n) is 19.2. The molecule has 1 aromatic heterocycles. The number of benzene rings is 2. The molecule has 0 saturated carbocycles. The summed E-state index contributed by atoms with van der Waals surface area (Å²) in [7, 11) is 0. The molecule has 0 unspecified atom stereocenters. The summed E-state index contributed by atoms with van der Waals surface area (Å²) >= 11 is 0. The largest absolute Gasteiger partial charge is 0.454 e. The molecule has 168 valence electrons. The van der Waals surface area contributed by atoms with E-state index in [9.17, 15) is 4.79 Å². The maximum Gasteiger partial charge on any atom is 0.270 e. The molecule has 2 aliphatic heterocycles. The second kappa shape index (κ2) is 8.51. The van der Waals surface area contributed by atoms with Crippen LogP contribution in [-0.2, 0) is 19.5 Å². The number of amides is 1. The lowest BCUT2D eigenvalue weighted by Crippen LogP contribution is -2.48. The summed E-state index contributed by atoms with van der Waals surface area (Å²) in [6.45, 7) is 11.5. The lowest BCUT2D eigenvalue weighted by atomic mass is 10.1. The molecule has 2 aliphatic rings. The molecule has 6 nitrogen and oxygen atoms in total. The topological polar surface area (TPSA) is 46.9 Å². The van der Waals surface area contributed by atoms with Gasteiger partial charge in [-0.1, -0.05) is 19.1 Å². The Morgan fingerprint density at radius 2 is 1.69 bits per heavy atom. The van der Waals surface area contributed by atoms with Gasteiger partial charge in [0.25, 0.3) is 5.91 Å². The Morgan fingerprint density at radius 3 is 2.44 bits per heavy atom. The zero-order chi connectivity index (χ0) is 22.2. The van der Waals surface area contributed by atoms with Crippen LogP contribution in [0, 0.1) is 6.92 Å². The molecule has 3 aromatic rings. The molecule has 0 atom stereocenters. The van der Waals surface area contributed by atoms with Gasteiger partial charge in [-0.25, -0.2) is 0 Å². The smallest absolute Gasteiger partial charge is 0.270 e. The molecular weight excluding hydrogens is 402 g/mol. The number of aryl methyl sites for hydroxylation is 3. The van der Waals surface area contributed by atoms with Gasteiger partial charge in [-0.2, -0.15) is 0 Å². The van der Waals surface area contributed by atoms with Gasteiger partial charge >= 0.3 is 0 Å². The molecule has 1 saturated heterocycles. The molecule has 0 spiro atoms. The van der Waals surface area contributed by atoms with Gasteiger partial charge in [-0.15, -0.1) is 0 Å². The van der Waals surface area contributed by atoms with Crippen molar-refractivity contribution in [3.05, 3.63) is 58.8 Å². The van der Waals surface area contributed by atoms with E-state index in [1.54, 1.807) is 0 Å². The number of ether oxygens (including phenoxy) is 2. The quantitative estimate of drug-likeness (QED) is 0.605. The van der Waals surface area contributed by atoms with E-state index in [4.69, 9.17) is 9.47 Å².